The van der Waals surface area contributed by atoms with Crippen LogP contribution in [0.5, 0.6) is 0 Å². The maximum absolute atomic E-state index is 12.2. The van der Waals surface area contributed by atoms with Gasteiger partial charge >= 0.3 is 5.97 Å². The van der Waals surface area contributed by atoms with Gasteiger partial charge in [-0.2, -0.15) is 0 Å². The lowest BCUT2D eigenvalue weighted by molar-refractivity contribution is -0.384. The van der Waals surface area contributed by atoms with Gasteiger partial charge < -0.3 is 10.1 Å². The van der Waals surface area contributed by atoms with Crippen molar-refractivity contribution in [1.82, 2.24) is 0 Å². The zero-order valence-corrected chi connectivity index (χ0v) is 14.1. The molecule has 134 valence electrons. The van der Waals surface area contributed by atoms with Gasteiger partial charge in [0.1, 0.15) is 0 Å². The van der Waals surface area contributed by atoms with Crippen LogP contribution in [0.3, 0.4) is 0 Å². The van der Waals surface area contributed by atoms with Crippen molar-refractivity contribution in [3.05, 3.63) is 69.8 Å². The lowest BCUT2D eigenvalue weighted by atomic mass is 10.1. The highest BCUT2D eigenvalue weighted by atomic mass is 16.6. The second-order valence-electron chi connectivity index (χ2n) is 5.44. The summed E-state index contributed by atoms with van der Waals surface area (Å²) in [6.45, 7) is 2.76. The van der Waals surface area contributed by atoms with E-state index in [2.05, 4.69) is 5.32 Å². The van der Waals surface area contributed by atoms with Crippen molar-refractivity contribution >= 4 is 29.0 Å². The normalized spacial score (nSPS) is 11.3. The van der Waals surface area contributed by atoms with E-state index in [1.807, 2.05) is 0 Å². The van der Waals surface area contributed by atoms with Crippen molar-refractivity contribution in [3.8, 4) is 0 Å². The molecule has 0 saturated heterocycles. The highest BCUT2D eigenvalue weighted by molar-refractivity contribution is 6.05. The molecule has 1 unspecified atom stereocenters. The number of carbonyl (C=O) groups excluding carboxylic acids is 3. The van der Waals surface area contributed by atoms with Crippen LogP contribution in [-0.2, 0) is 9.53 Å². The smallest absolute Gasteiger partial charge is 0.338 e. The summed E-state index contributed by atoms with van der Waals surface area (Å²) < 4.78 is 5.07. The fraction of sp³-hybridized carbons (Fsp3) is 0.167. The number of anilines is 1. The van der Waals surface area contributed by atoms with E-state index in [1.54, 1.807) is 24.3 Å². The quantitative estimate of drug-likeness (QED) is 0.368. The number of hydrogen-bond acceptors (Lipinski definition) is 6. The number of nitro groups is 1. The van der Waals surface area contributed by atoms with Crippen molar-refractivity contribution in [2.45, 2.75) is 20.0 Å². The van der Waals surface area contributed by atoms with Gasteiger partial charge in [0.2, 0.25) is 0 Å². The zero-order chi connectivity index (χ0) is 19.3. The Hall–Kier alpha value is -3.55. The van der Waals surface area contributed by atoms with Crippen LogP contribution >= 0.6 is 0 Å². The van der Waals surface area contributed by atoms with Gasteiger partial charge in [-0.15, -0.1) is 0 Å². The van der Waals surface area contributed by atoms with Crippen molar-refractivity contribution in [3.63, 3.8) is 0 Å². The number of esters is 1. The van der Waals surface area contributed by atoms with Crippen LogP contribution in [0.1, 0.15) is 34.6 Å². The predicted octanol–water partition coefficient (Wildman–Crippen LogP) is 2.98. The van der Waals surface area contributed by atoms with E-state index in [0.717, 1.165) is 0 Å². The molecule has 26 heavy (non-hydrogen) atoms. The molecular formula is C18H16N2O6. The van der Waals surface area contributed by atoms with Crippen LogP contribution < -0.4 is 5.32 Å². The molecule has 0 aliphatic carbocycles. The number of non-ortho nitro benzene ring substituents is 1. The third-order valence-electron chi connectivity index (χ3n) is 3.53. The topological polar surface area (TPSA) is 116 Å². The number of ether oxygens (including phenoxy) is 1. The number of nitrogens with one attached hydrogen (secondary N) is 1. The first kappa shape index (κ1) is 18.8. The standard InChI is InChI=1S/C18H16N2O6/c1-11(21)15-5-3-4-6-16(15)19-17(22)12(2)26-18(23)13-7-9-14(10-8-13)20(24)25/h3-10,12H,1-2H3,(H,19,22). The molecule has 0 fully saturated rings. The van der Waals surface area contributed by atoms with E-state index >= 15 is 0 Å². The Morgan fingerprint density at radius 2 is 1.69 bits per heavy atom. The van der Waals surface area contributed by atoms with E-state index in [9.17, 15) is 24.5 Å². The summed E-state index contributed by atoms with van der Waals surface area (Å²) in [5.41, 5.74) is 0.588. The lowest BCUT2D eigenvalue weighted by Gasteiger charge is -2.15. The van der Waals surface area contributed by atoms with Crippen LogP contribution in [0.25, 0.3) is 0 Å². The number of nitro benzene ring substituents is 1. The minimum atomic E-state index is -1.13. The summed E-state index contributed by atoms with van der Waals surface area (Å²) in [6.07, 6.45) is -1.13. The molecule has 0 radical (unpaired) electrons. The summed E-state index contributed by atoms with van der Waals surface area (Å²) in [6, 6.07) is 11.3. The maximum atomic E-state index is 12.2. The van der Waals surface area contributed by atoms with Gasteiger partial charge in [0, 0.05) is 17.7 Å². The van der Waals surface area contributed by atoms with Crippen molar-refractivity contribution in [1.29, 1.82) is 0 Å². The van der Waals surface area contributed by atoms with E-state index < -0.39 is 22.9 Å². The fourth-order valence-electron chi connectivity index (χ4n) is 2.13. The minimum absolute atomic E-state index is 0.0828. The highest BCUT2D eigenvalue weighted by Crippen LogP contribution is 2.17. The van der Waals surface area contributed by atoms with Gasteiger partial charge in [0.05, 0.1) is 16.2 Å². The second-order valence-corrected chi connectivity index (χ2v) is 5.44. The highest BCUT2D eigenvalue weighted by Gasteiger charge is 2.21. The van der Waals surface area contributed by atoms with Crippen LogP contribution in [0.2, 0.25) is 0 Å². The lowest BCUT2D eigenvalue weighted by Crippen LogP contribution is -2.30. The summed E-state index contributed by atoms with van der Waals surface area (Å²) in [4.78, 5) is 45.8. The Morgan fingerprint density at radius 3 is 2.27 bits per heavy atom. The molecule has 1 N–H and O–H groups in total. The van der Waals surface area contributed by atoms with Crippen LogP contribution in [0.4, 0.5) is 11.4 Å². The van der Waals surface area contributed by atoms with Gasteiger partial charge in [-0.3, -0.25) is 19.7 Å². The van der Waals surface area contributed by atoms with Crippen molar-refractivity contribution < 1.29 is 24.0 Å². The molecule has 0 aromatic heterocycles. The summed E-state index contributed by atoms with van der Waals surface area (Å²) in [5, 5.41) is 13.2. The molecule has 1 atom stereocenters. The third-order valence-corrected chi connectivity index (χ3v) is 3.53. The Morgan fingerprint density at radius 1 is 1.08 bits per heavy atom. The summed E-state index contributed by atoms with van der Waals surface area (Å²) in [7, 11) is 0. The molecule has 0 spiro atoms. The molecule has 2 aromatic rings. The predicted molar refractivity (Wildman–Crippen MR) is 93.1 cm³/mol. The van der Waals surface area contributed by atoms with Crippen LogP contribution in [0, 0.1) is 10.1 Å². The molecule has 2 rings (SSSR count). The van der Waals surface area contributed by atoms with Crippen LogP contribution in [0.15, 0.2) is 48.5 Å². The molecule has 0 bridgehead atoms. The number of nitrogens with zero attached hydrogens (tertiary/aromatic N) is 1. The van der Waals surface area contributed by atoms with E-state index in [1.165, 1.54) is 38.1 Å². The number of ketones is 1. The average Bonchev–Trinajstić information content (AvgIpc) is 2.61. The van der Waals surface area contributed by atoms with E-state index in [-0.39, 0.29) is 17.0 Å². The number of benzene rings is 2. The van der Waals surface area contributed by atoms with Gasteiger partial charge in [0.15, 0.2) is 11.9 Å². The van der Waals surface area contributed by atoms with Gasteiger partial charge in [-0.05, 0) is 38.1 Å². The number of amides is 1. The maximum Gasteiger partial charge on any atom is 0.338 e. The molecule has 8 nitrogen and oxygen atoms in total. The number of Topliss-reactive ketones (excluding diaryl/α,β-unsaturated/α-hetero) is 1. The molecule has 0 aliphatic heterocycles. The Bertz CT molecular complexity index is 860. The molecule has 0 aliphatic rings. The van der Waals surface area contributed by atoms with E-state index in [4.69, 9.17) is 4.74 Å². The number of para-hydroxylation sites is 1. The number of rotatable bonds is 6. The molecular weight excluding hydrogens is 340 g/mol. The molecule has 8 heteroatoms. The first-order valence-corrected chi connectivity index (χ1v) is 7.66. The second kappa shape index (κ2) is 8.02. The Labute approximate surface area is 148 Å². The summed E-state index contributed by atoms with van der Waals surface area (Å²) >= 11 is 0. The first-order chi connectivity index (χ1) is 12.3. The van der Waals surface area contributed by atoms with Gasteiger partial charge in [-0.25, -0.2) is 4.79 Å². The summed E-state index contributed by atoms with van der Waals surface area (Å²) in [5.74, 6) is -1.60. The number of hydrogen-bond donors (Lipinski definition) is 1. The molecule has 2 aromatic carbocycles. The minimum Gasteiger partial charge on any atom is -0.449 e. The SMILES string of the molecule is CC(=O)c1ccccc1NC(=O)C(C)OC(=O)c1ccc([N+](=O)[O-])cc1. The first-order valence-electron chi connectivity index (χ1n) is 7.66. The van der Waals surface area contributed by atoms with Crippen molar-refractivity contribution in [2.24, 2.45) is 0 Å². The molecule has 0 heterocycles. The van der Waals surface area contributed by atoms with E-state index in [0.29, 0.717) is 11.3 Å². The van der Waals surface area contributed by atoms with Gasteiger partial charge in [-0.1, -0.05) is 12.1 Å². The Kier molecular flexibility index (Phi) is 5.79. The average molecular weight is 356 g/mol. The monoisotopic (exact) mass is 356 g/mol. The largest absolute Gasteiger partial charge is 0.449 e. The van der Waals surface area contributed by atoms with Crippen molar-refractivity contribution in [2.75, 3.05) is 5.32 Å². The van der Waals surface area contributed by atoms with Crippen LogP contribution in [-0.4, -0.2) is 28.7 Å². The number of carbonyl (C=O) groups is 3. The van der Waals surface area contributed by atoms with Gasteiger partial charge in [0.25, 0.3) is 11.6 Å². The third kappa shape index (κ3) is 4.50. The Balaban J connectivity index is 2.04. The molecule has 1 amide bonds. The fourth-order valence-corrected chi connectivity index (χ4v) is 2.13. The molecule has 0 saturated carbocycles. The zero-order valence-electron chi connectivity index (χ0n) is 14.1.